The van der Waals surface area contributed by atoms with Gasteiger partial charge >= 0.3 is 0 Å². The number of nitrogens with one attached hydrogen (secondary N) is 2. The predicted molar refractivity (Wildman–Crippen MR) is 133 cm³/mol. The first-order valence-corrected chi connectivity index (χ1v) is 11.4. The molecule has 1 atom stereocenters. The van der Waals surface area contributed by atoms with E-state index in [0.29, 0.717) is 17.1 Å². The normalized spacial score (nSPS) is 11.6. The summed E-state index contributed by atoms with van der Waals surface area (Å²) in [4.78, 5) is 44.9. The topological polar surface area (TPSA) is 91.4 Å². The molecule has 0 aliphatic heterocycles. The highest BCUT2D eigenvalue weighted by Crippen LogP contribution is 2.31. The molecule has 0 spiro atoms. The molecule has 3 rings (SSSR count). The summed E-state index contributed by atoms with van der Waals surface area (Å²) in [6.45, 7) is 5.48. The summed E-state index contributed by atoms with van der Waals surface area (Å²) < 4.78 is 13.7. The van der Waals surface area contributed by atoms with E-state index >= 15 is 0 Å². The van der Waals surface area contributed by atoms with Crippen molar-refractivity contribution < 1.29 is 18.8 Å². The van der Waals surface area contributed by atoms with Crippen LogP contribution in [-0.4, -0.2) is 28.7 Å². The van der Waals surface area contributed by atoms with E-state index in [2.05, 4.69) is 15.6 Å². The Morgan fingerprint density at radius 1 is 0.943 bits per heavy atom. The second-order valence-corrected chi connectivity index (χ2v) is 8.43. The molecule has 8 heteroatoms. The fourth-order valence-corrected chi connectivity index (χ4v) is 3.66. The number of aryl methyl sites for hydroxylation is 1. The molecule has 2 N–H and O–H groups in total. The van der Waals surface area contributed by atoms with Gasteiger partial charge in [-0.1, -0.05) is 36.4 Å². The van der Waals surface area contributed by atoms with Gasteiger partial charge in [0.05, 0.1) is 0 Å². The quantitative estimate of drug-likeness (QED) is 0.474. The number of halogens is 1. The Labute approximate surface area is 204 Å². The van der Waals surface area contributed by atoms with E-state index in [1.54, 1.807) is 36.5 Å². The average Bonchev–Trinajstić information content (AvgIpc) is 2.82. The van der Waals surface area contributed by atoms with E-state index in [1.807, 2.05) is 32.9 Å². The lowest BCUT2D eigenvalue weighted by molar-refractivity contribution is -0.127. The predicted octanol–water partition coefficient (Wildman–Crippen LogP) is 4.55. The summed E-state index contributed by atoms with van der Waals surface area (Å²) in [5.41, 5.74) is 1.78. The maximum Gasteiger partial charge on any atom is 0.248 e. The van der Waals surface area contributed by atoms with Gasteiger partial charge in [0.15, 0.2) is 0 Å². The Balaban J connectivity index is 1.94. The number of anilines is 2. The molecule has 0 unspecified atom stereocenters. The Morgan fingerprint density at radius 3 is 2.26 bits per heavy atom. The summed E-state index contributed by atoms with van der Waals surface area (Å²) in [5, 5.41) is 5.53. The van der Waals surface area contributed by atoms with Crippen LogP contribution in [0.1, 0.15) is 43.9 Å². The van der Waals surface area contributed by atoms with Crippen LogP contribution >= 0.6 is 0 Å². The highest BCUT2D eigenvalue weighted by molar-refractivity contribution is 6.03. The van der Waals surface area contributed by atoms with Crippen LogP contribution in [0.25, 0.3) is 0 Å². The molecule has 35 heavy (non-hydrogen) atoms. The third-order valence-corrected chi connectivity index (χ3v) is 5.27. The molecule has 3 aromatic rings. The second kappa shape index (κ2) is 11.9. The van der Waals surface area contributed by atoms with Gasteiger partial charge in [0.2, 0.25) is 17.7 Å². The minimum atomic E-state index is -1.05. The van der Waals surface area contributed by atoms with Gasteiger partial charge in [-0.3, -0.25) is 19.3 Å². The molecule has 3 amide bonds. The van der Waals surface area contributed by atoms with Gasteiger partial charge in [-0.05, 0) is 62.2 Å². The monoisotopic (exact) mass is 476 g/mol. The number of pyridine rings is 1. The number of rotatable bonds is 9. The summed E-state index contributed by atoms with van der Waals surface area (Å²) in [6, 6.07) is 16.6. The van der Waals surface area contributed by atoms with E-state index in [9.17, 15) is 18.8 Å². The number of carbonyl (C=O) groups excluding carboxylic acids is 3. The van der Waals surface area contributed by atoms with Crippen molar-refractivity contribution in [3.05, 3.63) is 89.9 Å². The van der Waals surface area contributed by atoms with Crippen molar-refractivity contribution in [2.45, 2.75) is 45.7 Å². The molecule has 0 radical (unpaired) electrons. The van der Waals surface area contributed by atoms with Crippen LogP contribution in [0.15, 0.2) is 72.9 Å². The zero-order valence-electron chi connectivity index (χ0n) is 20.0. The van der Waals surface area contributed by atoms with E-state index in [-0.39, 0.29) is 24.8 Å². The molecule has 7 nitrogen and oxygen atoms in total. The standard InChI is InChI=1S/C27H29FN4O3/c1-18(2)30-27(35)26(20-11-13-21(28)14-12-20)32(22-9-5-4-8-19(22)3)25(34)16-15-24(33)31-23-10-6-7-17-29-23/h4-14,17-18,26H,15-16H2,1-3H3,(H,30,35)(H,29,31,33)/t26-/m0/s1. The van der Waals surface area contributed by atoms with Crippen molar-refractivity contribution in [3.63, 3.8) is 0 Å². The third-order valence-electron chi connectivity index (χ3n) is 5.27. The number of hydrogen-bond acceptors (Lipinski definition) is 4. The number of para-hydroxylation sites is 1. The van der Waals surface area contributed by atoms with Crippen molar-refractivity contribution in [1.82, 2.24) is 10.3 Å². The zero-order valence-corrected chi connectivity index (χ0v) is 20.0. The lowest BCUT2D eigenvalue weighted by Gasteiger charge is -2.33. The summed E-state index contributed by atoms with van der Waals surface area (Å²) in [6.07, 6.45) is 1.32. The molecule has 1 heterocycles. The minimum Gasteiger partial charge on any atom is -0.352 e. The summed E-state index contributed by atoms with van der Waals surface area (Å²) in [5.74, 6) is -1.24. The van der Waals surface area contributed by atoms with Crippen LogP contribution in [0.3, 0.4) is 0 Å². The maximum atomic E-state index is 13.7. The van der Waals surface area contributed by atoms with Gasteiger partial charge in [0.25, 0.3) is 0 Å². The molecule has 182 valence electrons. The Morgan fingerprint density at radius 2 is 1.63 bits per heavy atom. The van der Waals surface area contributed by atoms with Crippen LogP contribution in [0.4, 0.5) is 15.9 Å². The van der Waals surface area contributed by atoms with Crippen molar-refractivity contribution in [2.75, 3.05) is 10.2 Å². The first-order valence-electron chi connectivity index (χ1n) is 11.4. The lowest BCUT2D eigenvalue weighted by Crippen LogP contribution is -2.46. The molecule has 0 aliphatic rings. The smallest absolute Gasteiger partial charge is 0.248 e. The number of carbonyl (C=O) groups is 3. The molecule has 0 fully saturated rings. The van der Waals surface area contributed by atoms with Crippen molar-refractivity contribution in [1.29, 1.82) is 0 Å². The van der Waals surface area contributed by atoms with Gasteiger partial charge in [-0.2, -0.15) is 0 Å². The lowest BCUT2D eigenvalue weighted by atomic mass is 10.0. The van der Waals surface area contributed by atoms with Crippen LogP contribution in [-0.2, 0) is 14.4 Å². The van der Waals surface area contributed by atoms with Gasteiger partial charge in [0.1, 0.15) is 17.7 Å². The van der Waals surface area contributed by atoms with E-state index in [1.165, 1.54) is 29.2 Å². The van der Waals surface area contributed by atoms with Gasteiger partial charge in [0, 0.05) is 30.8 Å². The van der Waals surface area contributed by atoms with Gasteiger partial charge < -0.3 is 10.6 Å². The summed E-state index contributed by atoms with van der Waals surface area (Å²) >= 11 is 0. The molecule has 0 aliphatic carbocycles. The highest BCUT2D eigenvalue weighted by atomic mass is 19.1. The molecule has 0 bridgehead atoms. The van der Waals surface area contributed by atoms with Crippen LogP contribution in [0.5, 0.6) is 0 Å². The molecular weight excluding hydrogens is 447 g/mol. The average molecular weight is 477 g/mol. The van der Waals surface area contributed by atoms with E-state index < -0.39 is 23.7 Å². The SMILES string of the molecule is Cc1ccccc1N(C(=O)CCC(=O)Nc1ccccn1)[C@H](C(=O)NC(C)C)c1ccc(F)cc1. The number of hydrogen-bond donors (Lipinski definition) is 2. The van der Waals surface area contributed by atoms with Gasteiger partial charge in [-0.15, -0.1) is 0 Å². The van der Waals surface area contributed by atoms with E-state index in [0.717, 1.165) is 5.56 Å². The van der Waals surface area contributed by atoms with Crippen LogP contribution in [0, 0.1) is 12.7 Å². The van der Waals surface area contributed by atoms with Crippen molar-refractivity contribution in [3.8, 4) is 0 Å². The van der Waals surface area contributed by atoms with Crippen LogP contribution < -0.4 is 15.5 Å². The molecule has 2 aromatic carbocycles. The Kier molecular flexibility index (Phi) is 8.67. The fraction of sp³-hybridized carbons (Fsp3) is 0.259. The number of amides is 3. The molecule has 1 aromatic heterocycles. The van der Waals surface area contributed by atoms with Gasteiger partial charge in [-0.25, -0.2) is 9.37 Å². The number of nitrogens with zero attached hydrogens (tertiary/aromatic N) is 2. The van der Waals surface area contributed by atoms with Crippen molar-refractivity contribution in [2.24, 2.45) is 0 Å². The first kappa shape index (κ1) is 25.6. The third kappa shape index (κ3) is 6.96. The van der Waals surface area contributed by atoms with E-state index in [4.69, 9.17) is 0 Å². The van der Waals surface area contributed by atoms with Crippen molar-refractivity contribution >= 4 is 29.2 Å². The molecule has 0 saturated carbocycles. The Bertz CT molecular complexity index is 1170. The largest absolute Gasteiger partial charge is 0.352 e. The van der Waals surface area contributed by atoms with Crippen LogP contribution in [0.2, 0.25) is 0 Å². The number of benzene rings is 2. The highest BCUT2D eigenvalue weighted by Gasteiger charge is 2.33. The Hall–Kier alpha value is -4.07. The maximum absolute atomic E-state index is 13.7. The fourth-order valence-electron chi connectivity index (χ4n) is 3.66. The number of aromatic nitrogens is 1. The minimum absolute atomic E-state index is 0.0975. The zero-order chi connectivity index (χ0) is 25.4. The molecular formula is C27H29FN4O3. The second-order valence-electron chi connectivity index (χ2n) is 8.43. The summed E-state index contributed by atoms with van der Waals surface area (Å²) in [7, 11) is 0. The first-order chi connectivity index (χ1) is 16.8. The molecule has 0 saturated heterocycles.